The third-order valence-electron chi connectivity index (χ3n) is 4.05. The first kappa shape index (κ1) is 14.5. The molecule has 1 amide bonds. The zero-order chi connectivity index (χ0) is 13.1. The Balaban J connectivity index is 2.26. The Labute approximate surface area is 106 Å². The van der Waals surface area contributed by atoms with Crippen molar-refractivity contribution >= 4 is 5.91 Å². The fraction of sp³-hybridized carbons (Fsp3) is 0.929. The third-order valence-corrected chi connectivity index (χ3v) is 4.05. The number of hydrogen-bond acceptors (Lipinski definition) is 2. The van der Waals surface area contributed by atoms with E-state index in [-0.39, 0.29) is 11.9 Å². The Morgan fingerprint density at radius 1 is 1.29 bits per heavy atom. The molecule has 3 nitrogen and oxygen atoms in total. The molecule has 17 heavy (non-hydrogen) atoms. The van der Waals surface area contributed by atoms with Crippen molar-refractivity contribution in [1.29, 1.82) is 0 Å². The van der Waals surface area contributed by atoms with Crippen LogP contribution >= 0.6 is 0 Å². The van der Waals surface area contributed by atoms with E-state index in [1.54, 1.807) is 6.92 Å². The minimum Gasteiger partial charge on any atom is -0.354 e. The molecule has 1 fully saturated rings. The first-order valence-corrected chi connectivity index (χ1v) is 6.84. The molecular weight excluding hydrogens is 212 g/mol. The number of nitrogens with two attached hydrogens (primary N) is 1. The number of nitrogens with one attached hydrogen (secondary N) is 1. The summed E-state index contributed by atoms with van der Waals surface area (Å²) in [4.78, 5) is 11.4. The minimum absolute atomic E-state index is 0.0251. The van der Waals surface area contributed by atoms with E-state index in [1.807, 2.05) is 0 Å². The van der Waals surface area contributed by atoms with Gasteiger partial charge in [0, 0.05) is 6.54 Å². The molecule has 0 aliphatic heterocycles. The fourth-order valence-corrected chi connectivity index (χ4v) is 2.64. The molecule has 0 spiro atoms. The highest BCUT2D eigenvalue weighted by Crippen LogP contribution is 2.39. The van der Waals surface area contributed by atoms with Crippen LogP contribution in [0.25, 0.3) is 0 Å². The second-order valence-electron chi connectivity index (χ2n) is 6.62. The van der Waals surface area contributed by atoms with E-state index in [2.05, 4.69) is 26.1 Å². The van der Waals surface area contributed by atoms with Gasteiger partial charge < -0.3 is 11.1 Å². The average molecular weight is 240 g/mol. The summed E-state index contributed by atoms with van der Waals surface area (Å²) in [5, 5.41) is 2.94. The van der Waals surface area contributed by atoms with E-state index in [9.17, 15) is 4.79 Å². The Morgan fingerprint density at radius 2 is 1.82 bits per heavy atom. The molecule has 100 valence electrons. The van der Waals surface area contributed by atoms with Crippen LogP contribution in [0.15, 0.2) is 0 Å². The van der Waals surface area contributed by atoms with Gasteiger partial charge in [0.15, 0.2) is 0 Å². The summed E-state index contributed by atoms with van der Waals surface area (Å²) in [7, 11) is 0. The zero-order valence-corrected chi connectivity index (χ0v) is 11.8. The van der Waals surface area contributed by atoms with Crippen molar-refractivity contribution in [3.63, 3.8) is 0 Å². The van der Waals surface area contributed by atoms with Gasteiger partial charge in [0.25, 0.3) is 0 Å². The lowest BCUT2D eigenvalue weighted by atomic mass is 9.70. The molecule has 3 N–H and O–H groups in total. The predicted octanol–water partition coefficient (Wildman–Crippen LogP) is 2.30. The lowest BCUT2D eigenvalue weighted by Crippen LogP contribution is -2.41. The number of carbonyl (C=O) groups is 1. The molecule has 0 heterocycles. The van der Waals surface area contributed by atoms with Crippen molar-refractivity contribution in [1.82, 2.24) is 5.32 Å². The van der Waals surface area contributed by atoms with E-state index in [4.69, 9.17) is 5.73 Å². The zero-order valence-electron chi connectivity index (χ0n) is 11.8. The second kappa shape index (κ2) is 5.85. The van der Waals surface area contributed by atoms with E-state index in [0.29, 0.717) is 11.3 Å². The Morgan fingerprint density at radius 3 is 2.24 bits per heavy atom. The molecular formula is C14H28N2O. The Bertz CT molecular complexity index is 247. The van der Waals surface area contributed by atoms with Crippen molar-refractivity contribution in [3.05, 3.63) is 0 Å². The van der Waals surface area contributed by atoms with E-state index < -0.39 is 0 Å². The van der Waals surface area contributed by atoms with Gasteiger partial charge in [-0.05, 0) is 49.9 Å². The van der Waals surface area contributed by atoms with Gasteiger partial charge in [0.05, 0.1) is 6.04 Å². The molecule has 0 unspecified atom stereocenters. The molecule has 1 atom stereocenters. The summed E-state index contributed by atoms with van der Waals surface area (Å²) in [5.74, 6) is 1.46. The number of hydrogen-bond donors (Lipinski definition) is 2. The first-order valence-electron chi connectivity index (χ1n) is 6.84. The maximum atomic E-state index is 11.4. The van der Waals surface area contributed by atoms with Crippen molar-refractivity contribution < 1.29 is 4.79 Å². The SMILES string of the molecule is C[C@@H](N)C(=O)NCC1CCC(C(C)(C)C)CC1. The topological polar surface area (TPSA) is 55.1 Å². The summed E-state index contributed by atoms with van der Waals surface area (Å²) in [6.07, 6.45) is 5.06. The highest BCUT2D eigenvalue weighted by atomic mass is 16.2. The molecule has 0 aromatic heterocycles. The van der Waals surface area contributed by atoms with E-state index >= 15 is 0 Å². The van der Waals surface area contributed by atoms with Gasteiger partial charge in [-0.2, -0.15) is 0 Å². The van der Waals surface area contributed by atoms with Crippen LogP contribution in [0.4, 0.5) is 0 Å². The lowest BCUT2D eigenvalue weighted by molar-refractivity contribution is -0.122. The van der Waals surface area contributed by atoms with Gasteiger partial charge in [-0.3, -0.25) is 4.79 Å². The van der Waals surface area contributed by atoms with Crippen LogP contribution in [-0.4, -0.2) is 18.5 Å². The van der Waals surface area contributed by atoms with Crippen LogP contribution in [0, 0.1) is 17.3 Å². The lowest BCUT2D eigenvalue weighted by Gasteiger charge is -2.37. The normalized spacial score (nSPS) is 27.6. The molecule has 0 bridgehead atoms. The summed E-state index contributed by atoms with van der Waals surface area (Å²) in [5.41, 5.74) is 5.95. The Hall–Kier alpha value is -0.570. The maximum absolute atomic E-state index is 11.4. The maximum Gasteiger partial charge on any atom is 0.236 e. The second-order valence-corrected chi connectivity index (χ2v) is 6.62. The van der Waals surface area contributed by atoms with Crippen LogP contribution in [0.2, 0.25) is 0 Å². The van der Waals surface area contributed by atoms with Gasteiger partial charge in [-0.25, -0.2) is 0 Å². The number of carbonyl (C=O) groups excluding carboxylic acids is 1. The van der Waals surface area contributed by atoms with Gasteiger partial charge in [0.1, 0.15) is 0 Å². The summed E-state index contributed by atoms with van der Waals surface area (Å²) in [6.45, 7) is 9.52. The molecule has 1 aliphatic carbocycles. The van der Waals surface area contributed by atoms with Crippen LogP contribution in [0.3, 0.4) is 0 Å². The van der Waals surface area contributed by atoms with Crippen LogP contribution in [0.1, 0.15) is 53.4 Å². The van der Waals surface area contributed by atoms with Crippen LogP contribution in [0.5, 0.6) is 0 Å². The van der Waals surface area contributed by atoms with Crippen molar-refractivity contribution in [3.8, 4) is 0 Å². The smallest absolute Gasteiger partial charge is 0.236 e. The van der Waals surface area contributed by atoms with Crippen LogP contribution < -0.4 is 11.1 Å². The summed E-state index contributed by atoms with van der Waals surface area (Å²) < 4.78 is 0. The van der Waals surface area contributed by atoms with Gasteiger partial charge in [-0.15, -0.1) is 0 Å². The van der Waals surface area contributed by atoms with Gasteiger partial charge in [0.2, 0.25) is 5.91 Å². The largest absolute Gasteiger partial charge is 0.354 e. The van der Waals surface area contributed by atoms with E-state index in [1.165, 1.54) is 25.7 Å². The quantitative estimate of drug-likeness (QED) is 0.795. The van der Waals surface area contributed by atoms with Crippen LogP contribution in [-0.2, 0) is 4.79 Å². The monoisotopic (exact) mass is 240 g/mol. The first-order chi connectivity index (χ1) is 7.80. The van der Waals surface area contributed by atoms with E-state index in [0.717, 1.165) is 12.5 Å². The van der Waals surface area contributed by atoms with Gasteiger partial charge >= 0.3 is 0 Å². The highest BCUT2D eigenvalue weighted by Gasteiger charge is 2.29. The fourth-order valence-electron chi connectivity index (χ4n) is 2.64. The average Bonchev–Trinajstić information content (AvgIpc) is 2.25. The highest BCUT2D eigenvalue weighted by molar-refractivity contribution is 5.80. The van der Waals surface area contributed by atoms with Crippen molar-refractivity contribution in [2.45, 2.75) is 59.4 Å². The number of rotatable bonds is 3. The molecule has 1 rings (SSSR count). The predicted molar refractivity (Wildman–Crippen MR) is 71.6 cm³/mol. The van der Waals surface area contributed by atoms with Gasteiger partial charge in [-0.1, -0.05) is 20.8 Å². The standard InChI is InChI=1S/C14H28N2O/c1-10(15)13(17)16-9-11-5-7-12(8-6-11)14(2,3)4/h10-12H,5-9,15H2,1-4H3,(H,16,17)/t10-,11?,12?/m1/s1. The molecule has 0 saturated heterocycles. The third kappa shape index (κ3) is 4.66. The van der Waals surface area contributed by atoms with Crippen molar-refractivity contribution in [2.24, 2.45) is 23.0 Å². The molecule has 1 aliphatic rings. The Kier molecular flexibility index (Phi) is 4.99. The molecule has 1 saturated carbocycles. The minimum atomic E-state index is -0.388. The van der Waals surface area contributed by atoms with Crippen molar-refractivity contribution in [2.75, 3.05) is 6.54 Å². The molecule has 0 aromatic rings. The molecule has 0 aromatic carbocycles. The molecule has 3 heteroatoms. The summed E-state index contributed by atoms with van der Waals surface area (Å²) >= 11 is 0. The molecule has 0 radical (unpaired) electrons. The number of amides is 1. The summed E-state index contributed by atoms with van der Waals surface area (Å²) in [6, 6.07) is -0.388.